The number of ether oxygens (including phenoxy) is 2. The van der Waals surface area contributed by atoms with Gasteiger partial charge in [0.15, 0.2) is 0 Å². The first-order valence-electron chi connectivity index (χ1n) is 10.8. The second-order valence-electron chi connectivity index (χ2n) is 7.55. The number of amides is 1. The molecule has 0 aromatic heterocycles. The van der Waals surface area contributed by atoms with E-state index in [1.165, 1.54) is 7.11 Å². The van der Waals surface area contributed by atoms with E-state index in [0.29, 0.717) is 18.5 Å². The highest BCUT2D eigenvalue weighted by Gasteiger charge is 2.17. The van der Waals surface area contributed by atoms with Gasteiger partial charge < -0.3 is 14.4 Å². The number of benzene rings is 3. The van der Waals surface area contributed by atoms with E-state index in [2.05, 4.69) is 6.92 Å². The third-order valence-electron chi connectivity index (χ3n) is 5.34. The first kappa shape index (κ1) is 23.1. The molecule has 0 unspecified atom stereocenters. The maximum atomic E-state index is 13.0. The van der Waals surface area contributed by atoms with Crippen LogP contribution in [0.25, 0.3) is 11.1 Å². The van der Waals surface area contributed by atoms with Crippen LogP contribution < -0.4 is 9.64 Å². The van der Waals surface area contributed by atoms with Crippen molar-refractivity contribution in [2.24, 2.45) is 0 Å². The van der Waals surface area contributed by atoms with Crippen LogP contribution >= 0.6 is 0 Å². The van der Waals surface area contributed by atoms with Gasteiger partial charge in [-0.25, -0.2) is 4.79 Å². The molecular formula is C27H29NO4. The minimum absolute atomic E-state index is 0.0996. The Kier molecular flexibility index (Phi) is 8.03. The number of methoxy groups -OCH3 is 2. The summed E-state index contributed by atoms with van der Waals surface area (Å²) in [4.78, 5) is 26.4. The van der Waals surface area contributed by atoms with Crippen molar-refractivity contribution >= 4 is 17.6 Å². The molecule has 0 aliphatic rings. The molecular weight excluding hydrogens is 402 g/mol. The molecule has 32 heavy (non-hydrogen) atoms. The maximum Gasteiger partial charge on any atom is 0.337 e. The fourth-order valence-electron chi connectivity index (χ4n) is 3.47. The molecule has 3 aromatic carbocycles. The van der Waals surface area contributed by atoms with E-state index < -0.39 is 0 Å². The third kappa shape index (κ3) is 5.76. The van der Waals surface area contributed by atoms with Crippen LogP contribution in [0.2, 0.25) is 0 Å². The molecule has 3 rings (SSSR count). The van der Waals surface area contributed by atoms with Crippen molar-refractivity contribution in [1.82, 2.24) is 0 Å². The van der Waals surface area contributed by atoms with Gasteiger partial charge in [-0.1, -0.05) is 55.8 Å². The van der Waals surface area contributed by atoms with Crippen molar-refractivity contribution in [3.8, 4) is 16.9 Å². The summed E-state index contributed by atoms with van der Waals surface area (Å²) in [6.07, 6.45) is 2.35. The Morgan fingerprint density at radius 1 is 0.875 bits per heavy atom. The van der Waals surface area contributed by atoms with Crippen molar-refractivity contribution in [2.45, 2.75) is 32.7 Å². The molecule has 0 heterocycles. The fraction of sp³-hybridized carbons (Fsp3) is 0.259. The van der Waals surface area contributed by atoms with E-state index >= 15 is 0 Å². The van der Waals surface area contributed by atoms with E-state index in [0.717, 1.165) is 41.0 Å². The average molecular weight is 432 g/mol. The zero-order chi connectivity index (χ0) is 22.9. The van der Waals surface area contributed by atoms with Crippen molar-refractivity contribution in [1.29, 1.82) is 0 Å². The van der Waals surface area contributed by atoms with Gasteiger partial charge in [-0.3, -0.25) is 4.79 Å². The largest absolute Gasteiger partial charge is 0.497 e. The Labute approximate surface area is 189 Å². The molecule has 0 atom stereocenters. The van der Waals surface area contributed by atoms with Crippen molar-refractivity contribution in [2.75, 3.05) is 19.1 Å². The van der Waals surface area contributed by atoms with Gasteiger partial charge in [0, 0.05) is 18.2 Å². The lowest BCUT2D eigenvalue weighted by Crippen LogP contribution is -2.30. The summed E-state index contributed by atoms with van der Waals surface area (Å²) in [6.45, 7) is 2.57. The fourth-order valence-corrected chi connectivity index (χ4v) is 3.47. The first-order chi connectivity index (χ1) is 15.5. The summed E-state index contributed by atoms with van der Waals surface area (Å²) in [5.41, 5.74) is 4.43. The second kappa shape index (κ2) is 11.1. The van der Waals surface area contributed by atoms with Crippen LogP contribution in [0.3, 0.4) is 0 Å². The predicted octanol–water partition coefficient (Wildman–Crippen LogP) is 5.87. The smallest absolute Gasteiger partial charge is 0.337 e. The summed E-state index contributed by atoms with van der Waals surface area (Å²) in [5, 5.41) is 0. The molecule has 3 aromatic rings. The number of nitrogens with zero attached hydrogens (tertiary/aromatic N) is 1. The predicted molar refractivity (Wildman–Crippen MR) is 127 cm³/mol. The number of hydrogen-bond acceptors (Lipinski definition) is 4. The second-order valence-corrected chi connectivity index (χ2v) is 7.55. The zero-order valence-corrected chi connectivity index (χ0v) is 18.8. The monoisotopic (exact) mass is 431 g/mol. The molecule has 5 nitrogen and oxygen atoms in total. The lowest BCUT2D eigenvalue weighted by Gasteiger charge is -2.24. The number of anilines is 1. The van der Waals surface area contributed by atoms with Gasteiger partial charge in [-0.15, -0.1) is 0 Å². The average Bonchev–Trinajstić information content (AvgIpc) is 2.85. The van der Waals surface area contributed by atoms with Gasteiger partial charge in [0.25, 0.3) is 0 Å². The molecule has 1 amide bonds. The lowest BCUT2D eigenvalue weighted by molar-refractivity contribution is -0.118. The molecule has 0 aliphatic carbocycles. The van der Waals surface area contributed by atoms with E-state index in [-0.39, 0.29) is 11.9 Å². The number of carbonyl (C=O) groups is 2. The number of esters is 1. The lowest BCUT2D eigenvalue weighted by atomic mass is 10.0. The Morgan fingerprint density at radius 2 is 1.53 bits per heavy atom. The van der Waals surface area contributed by atoms with Crippen LogP contribution in [-0.2, 0) is 16.1 Å². The normalized spacial score (nSPS) is 10.5. The van der Waals surface area contributed by atoms with Crippen LogP contribution in [0.15, 0.2) is 72.8 Å². The molecule has 0 bridgehead atoms. The van der Waals surface area contributed by atoms with E-state index in [1.54, 1.807) is 19.2 Å². The highest BCUT2D eigenvalue weighted by Crippen LogP contribution is 2.26. The first-order valence-corrected chi connectivity index (χ1v) is 10.8. The Morgan fingerprint density at radius 3 is 2.12 bits per heavy atom. The highest BCUT2D eigenvalue weighted by atomic mass is 16.5. The summed E-state index contributed by atoms with van der Waals surface area (Å²) in [7, 11) is 3.00. The molecule has 5 heteroatoms. The number of unbranched alkanes of at least 4 members (excludes halogenated alkanes) is 1. The highest BCUT2D eigenvalue weighted by molar-refractivity contribution is 5.93. The van der Waals surface area contributed by atoms with Gasteiger partial charge in [0.1, 0.15) is 5.75 Å². The molecule has 0 spiro atoms. The van der Waals surface area contributed by atoms with Crippen LogP contribution in [0.4, 0.5) is 5.69 Å². The summed E-state index contributed by atoms with van der Waals surface area (Å²) >= 11 is 0. The third-order valence-corrected chi connectivity index (χ3v) is 5.34. The van der Waals surface area contributed by atoms with Crippen LogP contribution in [0, 0.1) is 0 Å². The molecule has 0 fully saturated rings. The molecule has 0 radical (unpaired) electrons. The van der Waals surface area contributed by atoms with Crippen molar-refractivity contribution in [3.05, 3.63) is 83.9 Å². The minimum Gasteiger partial charge on any atom is -0.497 e. The molecule has 0 saturated carbocycles. The van der Waals surface area contributed by atoms with Gasteiger partial charge in [-0.05, 0) is 47.4 Å². The van der Waals surface area contributed by atoms with Crippen molar-refractivity contribution < 1.29 is 19.1 Å². The van der Waals surface area contributed by atoms with Gasteiger partial charge in [0.2, 0.25) is 5.91 Å². The Hall–Kier alpha value is -3.60. The molecule has 0 saturated heterocycles. The van der Waals surface area contributed by atoms with E-state index in [9.17, 15) is 9.59 Å². The molecule has 0 aliphatic heterocycles. The minimum atomic E-state index is -0.350. The van der Waals surface area contributed by atoms with Gasteiger partial charge in [-0.2, -0.15) is 0 Å². The number of hydrogen-bond donors (Lipinski definition) is 0. The van der Waals surface area contributed by atoms with Crippen molar-refractivity contribution in [3.63, 3.8) is 0 Å². The molecule has 166 valence electrons. The number of rotatable bonds is 9. The van der Waals surface area contributed by atoms with Crippen LogP contribution in [0.5, 0.6) is 5.75 Å². The van der Waals surface area contributed by atoms with Gasteiger partial charge >= 0.3 is 5.97 Å². The Balaban J connectivity index is 1.80. The van der Waals surface area contributed by atoms with E-state index in [1.807, 2.05) is 65.6 Å². The SMILES string of the molecule is CCCCC(=O)N(Cc1ccc(-c2ccc(C(=O)OC)cc2)cc1)c1cccc(OC)c1. The van der Waals surface area contributed by atoms with Gasteiger partial charge in [0.05, 0.1) is 26.3 Å². The van der Waals surface area contributed by atoms with E-state index in [4.69, 9.17) is 9.47 Å². The summed E-state index contributed by atoms with van der Waals surface area (Å²) in [6, 6.07) is 23.0. The Bertz CT molecular complexity index is 1040. The van der Waals surface area contributed by atoms with Crippen LogP contribution in [0.1, 0.15) is 42.1 Å². The van der Waals surface area contributed by atoms with Crippen LogP contribution in [-0.4, -0.2) is 26.1 Å². The quantitative estimate of drug-likeness (QED) is 0.398. The maximum absolute atomic E-state index is 13.0. The summed E-state index contributed by atoms with van der Waals surface area (Å²) in [5.74, 6) is 0.474. The summed E-state index contributed by atoms with van der Waals surface area (Å²) < 4.78 is 10.1. The standard InChI is InChI=1S/C27H29NO4/c1-4-5-9-26(29)28(24-7-6-8-25(18-24)31-2)19-20-10-12-21(13-11-20)22-14-16-23(17-15-22)27(30)32-3/h6-8,10-18H,4-5,9,19H2,1-3H3. The number of carbonyl (C=O) groups excluding carboxylic acids is 2. The topological polar surface area (TPSA) is 55.8 Å². The zero-order valence-electron chi connectivity index (χ0n) is 18.8. The molecule has 0 N–H and O–H groups in total.